The monoisotopic (exact) mass is 388 g/mol. The number of fused-ring (bicyclic) bond motifs is 1. The molecule has 0 aromatic heterocycles. The molecule has 0 radical (unpaired) electrons. The van der Waals surface area contributed by atoms with Crippen LogP contribution in [-0.4, -0.2) is 33.6 Å². The molecular weight excluding hydrogens is 348 g/mol. The Labute approximate surface area is 171 Å². The third kappa shape index (κ3) is 4.80. The minimum Gasteiger partial charge on any atom is -0.393 e. The van der Waals surface area contributed by atoms with Crippen molar-refractivity contribution in [2.45, 2.75) is 103 Å². The quantitative estimate of drug-likeness (QED) is 0.440. The molecular formula is C25H40O3. The molecule has 0 saturated heterocycles. The van der Waals surface area contributed by atoms with E-state index in [2.05, 4.69) is 25.7 Å². The zero-order chi connectivity index (χ0) is 20.3. The van der Waals surface area contributed by atoms with Crippen molar-refractivity contribution in [2.75, 3.05) is 0 Å². The zero-order valence-corrected chi connectivity index (χ0v) is 17.9. The van der Waals surface area contributed by atoms with Crippen molar-refractivity contribution < 1.29 is 15.3 Å². The van der Waals surface area contributed by atoms with Gasteiger partial charge in [0.2, 0.25) is 0 Å². The average Bonchev–Trinajstić information content (AvgIpc) is 2.98. The zero-order valence-electron chi connectivity index (χ0n) is 17.9. The topological polar surface area (TPSA) is 60.7 Å². The van der Waals surface area contributed by atoms with E-state index >= 15 is 0 Å². The number of rotatable bonds is 6. The SMILES string of the molecule is C=C1[C@H](O)CC(=CC=C2CCC[C@]3(C)[C@@H](CCCCC(C)O)CC[C@@H]23)C[C@H]1O. The lowest BCUT2D eigenvalue weighted by atomic mass is 9.62. The number of hydrogen-bond acceptors (Lipinski definition) is 3. The molecule has 0 heterocycles. The second-order valence-corrected chi connectivity index (χ2v) is 9.90. The van der Waals surface area contributed by atoms with E-state index < -0.39 is 12.2 Å². The molecule has 0 spiro atoms. The van der Waals surface area contributed by atoms with Crippen LogP contribution in [0.1, 0.15) is 84.5 Å². The van der Waals surface area contributed by atoms with Crippen molar-refractivity contribution >= 4 is 0 Å². The molecule has 3 aliphatic rings. The van der Waals surface area contributed by atoms with Gasteiger partial charge in [-0.25, -0.2) is 0 Å². The van der Waals surface area contributed by atoms with Gasteiger partial charge in [-0.15, -0.1) is 0 Å². The van der Waals surface area contributed by atoms with Crippen LogP contribution in [0.2, 0.25) is 0 Å². The largest absolute Gasteiger partial charge is 0.393 e. The molecule has 3 aliphatic carbocycles. The van der Waals surface area contributed by atoms with Gasteiger partial charge in [-0.2, -0.15) is 0 Å². The van der Waals surface area contributed by atoms with Crippen LogP contribution in [-0.2, 0) is 0 Å². The Morgan fingerprint density at radius 2 is 1.86 bits per heavy atom. The molecule has 158 valence electrons. The van der Waals surface area contributed by atoms with E-state index in [1.807, 2.05) is 6.92 Å². The van der Waals surface area contributed by atoms with Crippen LogP contribution < -0.4 is 0 Å². The highest BCUT2D eigenvalue weighted by Gasteiger charge is 2.48. The first-order valence-electron chi connectivity index (χ1n) is 11.4. The van der Waals surface area contributed by atoms with Gasteiger partial charge in [-0.1, -0.05) is 49.6 Å². The van der Waals surface area contributed by atoms with Crippen molar-refractivity contribution in [3.63, 3.8) is 0 Å². The number of allylic oxidation sites excluding steroid dienone is 3. The van der Waals surface area contributed by atoms with Gasteiger partial charge in [0.1, 0.15) is 0 Å². The fourth-order valence-electron chi connectivity index (χ4n) is 6.08. The normalized spacial score (nSPS) is 38.5. The maximum Gasteiger partial charge on any atom is 0.0809 e. The summed E-state index contributed by atoms with van der Waals surface area (Å²) >= 11 is 0. The van der Waals surface area contributed by atoms with Gasteiger partial charge in [0.05, 0.1) is 18.3 Å². The van der Waals surface area contributed by atoms with Gasteiger partial charge in [0.25, 0.3) is 0 Å². The minimum atomic E-state index is -0.609. The third-order valence-corrected chi connectivity index (χ3v) is 7.89. The summed E-state index contributed by atoms with van der Waals surface area (Å²) in [6, 6.07) is 0. The summed E-state index contributed by atoms with van der Waals surface area (Å²) in [5.74, 6) is 1.50. The third-order valence-electron chi connectivity index (χ3n) is 7.89. The summed E-state index contributed by atoms with van der Waals surface area (Å²) in [7, 11) is 0. The predicted molar refractivity (Wildman–Crippen MR) is 115 cm³/mol. The molecule has 0 amide bonds. The standard InChI is InChI=1S/C25H40O3/c1-17(26)7-4-5-9-21-12-13-22-20(8-6-14-25(21,22)3)11-10-19-15-23(27)18(2)24(28)16-19/h10-11,17,21-24,26-28H,2,4-9,12-16H2,1,3H3/t17?,21-,22-,23+,24+,25+/m0/s1. The van der Waals surface area contributed by atoms with Crippen molar-refractivity contribution in [2.24, 2.45) is 17.3 Å². The maximum atomic E-state index is 10.1. The van der Waals surface area contributed by atoms with Crippen LogP contribution in [0.25, 0.3) is 0 Å². The highest BCUT2D eigenvalue weighted by Crippen LogP contribution is 2.58. The number of aliphatic hydroxyl groups excluding tert-OH is 3. The van der Waals surface area contributed by atoms with E-state index in [0.29, 0.717) is 29.7 Å². The Hall–Kier alpha value is -0.900. The molecule has 3 heteroatoms. The van der Waals surface area contributed by atoms with Crippen molar-refractivity contribution in [3.8, 4) is 0 Å². The first-order valence-corrected chi connectivity index (χ1v) is 11.4. The minimum absolute atomic E-state index is 0.168. The molecule has 0 bridgehead atoms. The van der Waals surface area contributed by atoms with E-state index in [1.165, 1.54) is 44.9 Å². The van der Waals surface area contributed by atoms with Crippen LogP contribution >= 0.6 is 0 Å². The highest BCUT2D eigenvalue weighted by atomic mass is 16.3. The Bertz CT molecular complexity index is 601. The van der Waals surface area contributed by atoms with E-state index in [4.69, 9.17) is 0 Å². The first kappa shape index (κ1) is 21.8. The Morgan fingerprint density at radius 1 is 1.14 bits per heavy atom. The van der Waals surface area contributed by atoms with Gasteiger partial charge >= 0.3 is 0 Å². The summed E-state index contributed by atoms with van der Waals surface area (Å²) in [6.45, 7) is 8.21. The summed E-state index contributed by atoms with van der Waals surface area (Å²) in [5.41, 5.74) is 3.71. The molecule has 3 rings (SSSR count). The van der Waals surface area contributed by atoms with Gasteiger partial charge in [-0.3, -0.25) is 0 Å². The van der Waals surface area contributed by atoms with E-state index in [0.717, 1.165) is 24.3 Å². The Kier molecular flexibility index (Phi) is 7.22. The first-order chi connectivity index (χ1) is 13.3. The molecule has 3 saturated carbocycles. The summed E-state index contributed by atoms with van der Waals surface area (Å²) in [5, 5.41) is 29.6. The molecule has 3 N–H and O–H groups in total. The summed E-state index contributed by atoms with van der Waals surface area (Å²) in [4.78, 5) is 0. The number of hydrogen-bond donors (Lipinski definition) is 3. The van der Waals surface area contributed by atoms with Gasteiger partial charge in [0.15, 0.2) is 0 Å². The van der Waals surface area contributed by atoms with Crippen molar-refractivity contribution in [3.05, 3.63) is 35.5 Å². The van der Waals surface area contributed by atoms with E-state index in [9.17, 15) is 15.3 Å². The molecule has 1 unspecified atom stereocenters. The second kappa shape index (κ2) is 9.28. The van der Waals surface area contributed by atoms with Crippen LogP contribution in [0.4, 0.5) is 0 Å². The van der Waals surface area contributed by atoms with Crippen LogP contribution in [0.5, 0.6) is 0 Å². The maximum absolute atomic E-state index is 10.1. The molecule has 28 heavy (non-hydrogen) atoms. The van der Waals surface area contributed by atoms with Crippen LogP contribution in [0.3, 0.4) is 0 Å². The molecule has 3 fully saturated rings. The van der Waals surface area contributed by atoms with Crippen molar-refractivity contribution in [1.29, 1.82) is 0 Å². The molecule has 6 atom stereocenters. The highest BCUT2D eigenvalue weighted by molar-refractivity contribution is 5.29. The fourth-order valence-corrected chi connectivity index (χ4v) is 6.08. The summed E-state index contributed by atoms with van der Waals surface area (Å²) in [6.07, 6.45) is 15.4. The fraction of sp³-hybridized carbons (Fsp3) is 0.760. The smallest absolute Gasteiger partial charge is 0.0809 e. The number of aliphatic hydroxyl groups is 3. The van der Waals surface area contributed by atoms with Crippen molar-refractivity contribution in [1.82, 2.24) is 0 Å². The molecule has 0 aromatic rings. The number of unbranched alkanes of at least 4 members (excludes halogenated alkanes) is 1. The van der Waals surface area contributed by atoms with Crippen LogP contribution in [0, 0.1) is 17.3 Å². The van der Waals surface area contributed by atoms with Gasteiger partial charge in [-0.05, 0) is 87.5 Å². The predicted octanol–water partition coefficient (Wildman–Crippen LogP) is 5.07. The Morgan fingerprint density at radius 3 is 2.54 bits per heavy atom. The van der Waals surface area contributed by atoms with Gasteiger partial charge in [0, 0.05) is 0 Å². The molecule has 3 nitrogen and oxygen atoms in total. The Balaban J connectivity index is 1.64. The summed E-state index contributed by atoms with van der Waals surface area (Å²) < 4.78 is 0. The molecule has 0 aliphatic heterocycles. The lowest BCUT2D eigenvalue weighted by Crippen LogP contribution is -2.33. The second-order valence-electron chi connectivity index (χ2n) is 9.90. The van der Waals surface area contributed by atoms with Gasteiger partial charge < -0.3 is 15.3 Å². The van der Waals surface area contributed by atoms with Crippen LogP contribution in [0.15, 0.2) is 35.5 Å². The molecule has 0 aromatic carbocycles. The van der Waals surface area contributed by atoms with E-state index in [1.54, 1.807) is 5.57 Å². The lowest BCUT2D eigenvalue weighted by molar-refractivity contribution is 0.122. The van der Waals surface area contributed by atoms with E-state index in [-0.39, 0.29) is 6.10 Å². The average molecular weight is 389 g/mol. The lowest BCUT2D eigenvalue weighted by Gasteiger charge is -2.42.